The standard InChI is InChI=1S/C30H31F3N2O6/c1-39-27-17-22(9-13-26(27)40-15-3-2-14-30(31,32)33)29(38)41-24-11-4-19(5-12-24)16-21(28(36)37)7-6-20-8-10-23(34)18-25(20)35/h4-5,8-13,16-18H,2-3,6-7,14-15,34-35H2,1H3,(H,36,37)/b21-16+. The van der Waals surface area contributed by atoms with Gasteiger partial charge < -0.3 is 30.8 Å². The first kappa shape index (κ1) is 30.9. The molecular weight excluding hydrogens is 541 g/mol. The molecule has 0 heterocycles. The van der Waals surface area contributed by atoms with Crippen molar-refractivity contribution in [2.45, 2.75) is 38.3 Å². The Labute approximate surface area is 235 Å². The molecule has 3 aromatic rings. The van der Waals surface area contributed by atoms with Gasteiger partial charge in [0.05, 0.1) is 19.3 Å². The molecule has 3 rings (SSSR count). The minimum absolute atomic E-state index is 0.0544. The number of halogens is 3. The molecule has 0 bridgehead atoms. The number of aliphatic carboxylic acids is 1. The number of hydrogen-bond donors (Lipinski definition) is 3. The fraction of sp³-hybridized carbons (Fsp3) is 0.267. The maximum absolute atomic E-state index is 12.7. The van der Waals surface area contributed by atoms with Gasteiger partial charge in [0.15, 0.2) is 11.5 Å². The van der Waals surface area contributed by atoms with E-state index in [4.69, 9.17) is 25.7 Å². The van der Waals surface area contributed by atoms with Crippen molar-refractivity contribution in [2.75, 3.05) is 25.2 Å². The first-order valence-electron chi connectivity index (χ1n) is 12.7. The molecule has 0 spiro atoms. The lowest BCUT2D eigenvalue weighted by molar-refractivity contribution is -0.136. The lowest BCUT2D eigenvalue weighted by atomic mass is 10.0. The van der Waals surface area contributed by atoms with Crippen LogP contribution in [0, 0.1) is 0 Å². The van der Waals surface area contributed by atoms with Crippen LogP contribution in [0.5, 0.6) is 17.2 Å². The Morgan fingerprint density at radius 2 is 1.68 bits per heavy atom. The molecule has 0 aliphatic rings. The van der Waals surface area contributed by atoms with Gasteiger partial charge >= 0.3 is 18.1 Å². The number of unbranched alkanes of at least 4 members (excludes halogenated alkanes) is 1. The van der Waals surface area contributed by atoms with E-state index in [0.29, 0.717) is 29.1 Å². The van der Waals surface area contributed by atoms with E-state index in [9.17, 15) is 27.9 Å². The average molecular weight is 573 g/mol. The molecule has 0 saturated heterocycles. The number of carboxylic acid groups (broad SMARTS) is 1. The number of alkyl halides is 3. The number of aryl methyl sites for hydroxylation is 1. The maximum Gasteiger partial charge on any atom is 0.389 e. The first-order chi connectivity index (χ1) is 19.4. The molecule has 0 unspecified atom stereocenters. The van der Waals surface area contributed by atoms with E-state index in [1.165, 1.54) is 43.5 Å². The second-order valence-corrected chi connectivity index (χ2v) is 9.18. The molecule has 11 heteroatoms. The second-order valence-electron chi connectivity index (χ2n) is 9.18. The first-order valence-corrected chi connectivity index (χ1v) is 12.7. The van der Waals surface area contributed by atoms with Gasteiger partial charge in [0.25, 0.3) is 0 Å². The van der Waals surface area contributed by atoms with Gasteiger partial charge in [-0.2, -0.15) is 13.2 Å². The fourth-order valence-corrected chi connectivity index (χ4v) is 3.87. The van der Waals surface area contributed by atoms with Gasteiger partial charge in [0, 0.05) is 23.4 Å². The van der Waals surface area contributed by atoms with E-state index >= 15 is 0 Å². The van der Waals surface area contributed by atoms with Gasteiger partial charge in [0.2, 0.25) is 0 Å². The Kier molecular flexibility index (Phi) is 10.6. The van der Waals surface area contributed by atoms with Crippen molar-refractivity contribution >= 4 is 29.4 Å². The zero-order chi connectivity index (χ0) is 30.0. The minimum Gasteiger partial charge on any atom is -0.493 e. The van der Waals surface area contributed by atoms with Crippen LogP contribution in [0.15, 0.2) is 66.2 Å². The van der Waals surface area contributed by atoms with Crippen molar-refractivity contribution in [1.82, 2.24) is 0 Å². The van der Waals surface area contributed by atoms with Crippen LogP contribution in [0.1, 0.15) is 47.2 Å². The Balaban J connectivity index is 1.59. The minimum atomic E-state index is -4.20. The summed E-state index contributed by atoms with van der Waals surface area (Å²) in [6.07, 6.45) is -2.72. The summed E-state index contributed by atoms with van der Waals surface area (Å²) in [5.41, 5.74) is 14.5. The topological polar surface area (TPSA) is 134 Å². The average Bonchev–Trinajstić information content (AvgIpc) is 2.91. The second kappa shape index (κ2) is 14.1. The van der Waals surface area contributed by atoms with E-state index < -0.39 is 24.5 Å². The van der Waals surface area contributed by atoms with Gasteiger partial charge in [-0.1, -0.05) is 18.2 Å². The monoisotopic (exact) mass is 572 g/mol. The zero-order valence-corrected chi connectivity index (χ0v) is 22.4. The molecule has 0 fully saturated rings. The third kappa shape index (κ3) is 9.79. The number of hydrogen-bond acceptors (Lipinski definition) is 7. The summed E-state index contributed by atoms with van der Waals surface area (Å²) >= 11 is 0. The number of carbonyl (C=O) groups excluding carboxylic acids is 1. The van der Waals surface area contributed by atoms with Gasteiger partial charge in [0.1, 0.15) is 5.75 Å². The predicted octanol–water partition coefficient (Wildman–Crippen LogP) is 6.29. The van der Waals surface area contributed by atoms with Crippen LogP contribution in [-0.2, 0) is 11.2 Å². The van der Waals surface area contributed by atoms with Crippen LogP contribution in [0.4, 0.5) is 24.5 Å². The van der Waals surface area contributed by atoms with Crippen LogP contribution in [0.3, 0.4) is 0 Å². The number of carboxylic acids is 1. The number of nitrogens with two attached hydrogens (primary N) is 2. The van der Waals surface area contributed by atoms with E-state index in [0.717, 1.165) is 5.56 Å². The molecule has 0 aliphatic carbocycles. The van der Waals surface area contributed by atoms with Crippen LogP contribution >= 0.6 is 0 Å². The van der Waals surface area contributed by atoms with E-state index in [2.05, 4.69) is 0 Å². The van der Waals surface area contributed by atoms with Gasteiger partial charge in [-0.05, 0) is 85.4 Å². The van der Waals surface area contributed by atoms with E-state index in [1.54, 1.807) is 30.3 Å². The molecule has 8 nitrogen and oxygen atoms in total. The quantitative estimate of drug-likeness (QED) is 0.0715. The van der Waals surface area contributed by atoms with Crippen molar-refractivity contribution in [3.8, 4) is 17.2 Å². The summed E-state index contributed by atoms with van der Waals surface area (Å²) in [6, 6.07) is 15.8. The smallest absolute Gasteiger partial charge is 0.389 e. The lowest BCUT2D eigenvalue weighted by Crippen LogP contribution is -2.10. The van der Waals surface area contributed by atoms with Gasteiger partial charge in [-0.25, -0.2) is 9.59 Å². The van der Waals surface area contributed by atoms with Gasteiger partial charge in [-0.15, -0.1) is 0 Å². The van der Waals surface area contributed by atoms with E-state index in [1.807, 2.05) is 0 Å². The van der Waals surface area contributed by atoms with Crippen LogP contribution < -0.4 is 25.7 Å². The highest BCUT2D eigenvalue weighted by Crippen LogP contribution is 2.30. The summed E-state index contributed by atoms with van der Waals surface area (Å²) in [6.45, 7) is 0.0655. The number of anilines is 2. The maximum atomic E-state index is 12.7. The highest BCUT2D eigenvalue weighted by molar-refractivity contribution is 5.93. The summed E-state index contributed by atoms with van der Waals surface area (Å²) < 4.78 is 53.0. The number of esters is 1. The Hall–Kier alpha value is -4.67. The zero-order valence-electron chi connectivity index (χ0n) is 22.4. The normalized spacial score (nSPS) is 11.7. The Morgan fingerprint density at radius 3 is 2.32 bits per heavy atom. The van der Waals surface area contributed by atoms with Gasteiger partial charge in [-0.3, -0.25) is 0 Å². The molecule has 0 saturated carbocycles. The van der Waals surface area contributed by atoms with Crippen molar-refractivity contribution in [2.24, 2.45) is 0 Å². The number of methoxy groups -OCH3 is 1. The fourth-order valence-electron chi connectivity index (χ4n) is 3.87. The summed E-state index contributed by atoms with van der Waals surface area (Å²) in [5.74, 6) is -0.964. The number of carbonyl (C=O) groups is 2. The van der Waals surface area contributed by atoms with Crippen molar-refractivity contribution in [1.29, 1.82) is 0 Å². The molecule has 41 heavy (non-hydrogen) atoms. The summed E-state index contributed by atoms with van der Waals surface area (Å²) in [4.78, 5) is 24.5. The third-order valence-electron chi connectivity index (χ3n) is 6.05. The molecule has 5 N–H and O–H groups in total. The third-order valence-corrected chi connectivity index (χ3v) is 6.05. The van der Waals surface area contributed by atoms with Crippen molar-refractivity contribution < 1.29 is 42.1 Å². The highest BCUT2D eigenvalue weighted by Gasteiger charge is 2.25. The largest absolute Gasteiger partial charge is 0.493 e. The summed E-state index contributed by atoms with van der Waals surface area (Å²) in [5, 5.41) is 9.64. The van der Waals surface area contributed by atoms with Crippen LogP contribution in [0.2, 0.25) is 0 Å². The molecular formula is C30H31F3N2O6. The highest BCUT2D eigenvalue weighted by atomic mass is 19.4. The van der Waals surface area contributed by atoms with Crippen molar-refractivity contribution in [3.63, 3.8) is 0 Å². The molecule has 0 aliphatic heterocycles. The number of rotatable bonds is 13. The van der Waals surface area contributed by atoms with Crippen LogP contribution in [-0.4, -0.2) is 36.9 Å². The van der Waals surface area contributed by atoms with Crippen molar-refractivity contribution in [3.05, 3.63) is 82.9 Å². The molecule has 0 atom stereocenters. The van der Waals surface area contributed by atoms with E-state index in [-0.39, 0.29) is 48.5 Å². The molecule has 218 valence electrons. The Bertz CT molecular complexity index is 1390. The molecule has 0 amide bonds. The number of nitrogen functional groups attached to an aromatic ring is 2. The molecule has 3 aromatic carbocycles. The number of ether oxygens (including phenoxy) is 3. The van der Waals surface area contributed by atoms with Crippen LogP contribution in [0.25, 0.3) is 6.08 Å². The Morgan fingerprint density at radius 1 is 0.951 bits per heavy atom. The summed E-state index contributed by atoms with van der Waals surface area (Å²) in [7, 11) is 1.38. The number of benzene rings is 3. The molecule has 0 radical (unpaired) electrons. The SMILES string of the molecule is COc1cc(C(=O)Oc2ccc(/C=C(\CCc3ccc(N)cc3N)C(=O)O)cc2)ccc1OCCCCC(F)(F)F. The predicted molar refractivity (Wildman–Crippen MR) is 149 cm³/mol. The molecule has 0 aromatic heterocycles. The lowest BCUT2D eigenvalue weighted by Gasteiger charge is -2.12.